The van der Waals surface area contributed by atoms with Gasteiger partial charge >= 0.3 is 0 Å². The molecule has 196 valence electrons. The SMILES string of the molecule is c1cc2cc(c1)-c1ccc(cc1)-c1ccc(cc1)-c1ccc(cc1)-c1ccc(cc1)-c1ccc(cc1)-c1ccc-2cc1. The minimum absolute atomic E-state index is 1.22. The highest BCUT2D eigenvalue weighted by molar-refractivity contribution is 5.79. The maximum absolute atomic E-state index is 2.29. The van der Waals surface area contributed by atoms with E-state index in [2.05, 4.69) is 170 Å². The Morgan fingerprint density at radius 2 is 0.286 bits per heavy atom. The molecule has 0 aromatic heterocycles. The van der Waals surface area contributed by atoms with Gasteiger partial charge in [-0.3, -0.25) is 0 Å². The van der Waals surface area contributed by atoms with Crippen LogP contribution in [0.15, 0.2) is 170 Å². The molecule has 0 fully saturated rings. The van der Waals surface area contributed by atoms with Crippen LogP contribution >= 0.6 is 0 Å². The van der Waals surface area contributed by atoms with Crippen molar-refractivity contribution in [1.29, 1.82) is 0 Å². The van der Waals surface area contributed by atoms with E-state index in [4.69, 9.17) is 0 Å². The molecule has 7 aromatic carbocycles. The van der Waals surface area contributed by atoms with Crippen LogP contribution in [0.3, 0.4) is 0 Å². The fourth-order valence-corrected chi connectivity index (χ4v) is 6.01. The molecule has 0 spiro atoms. The van der Waals surface area contributed by atoms with E-state index in [1.54, 1.807) is 0 Å². The first-order chi connectivity index (χ1) is 20.8. The van der Waals surface area contributed by atoms with Gasteiger partial charge in [-0.15, -0.1) is 0 Å². The molecule has 10 aliphatic carbocycles. The van der Waals surface area contributed by atoms with Crippen molar-refractivity contribution in [3.8, 4) is 77.9 Å². The number of hydrogen-bond acceptors (Lipinski definition) is 0. The minimum Gasteiger partial charge on any atom is -0.0610 e. The summed E-state index contributed by atoms with van der Waals surface area (Å²) in [6.45, 7) is 0. The van der Waals surface area contributed by atoms with E-state index in [1.165, 1.54) is 77.9 Å². The van der Waals surface area contributed by atoms with Crippen molar-refractivity contribution in [2.45, 2.75) is 0 Å². The monoisotopic (exact) mass is 532 g/mol. The molecule has 42 heavy (non-hydrogen) atoms. The molecule has 0 amide bonds. The summed E-state index contributed by atoms with van der Waals surface area (Å²) in [5.74, 6) is 0. The summed E-state index contributed by atoms with van der Waals surface area (Å²) in [5.41, 5.74) is 17.1. The van der Waals surface area contributed by atoms with Crippen molar-refractivity contribution in [3.63, 3.8) is 0 Å². The topological polar surface area (TPSA) is 0 Å². The van der Waals surface area contributed by atoms with Gasteiger partial charge in [0.2, 0.25) is 0 Å². The third-order valence-corrected chi connectivity index (χ3v) is 8.51. The van der Waals surface area contributed by atoms with Gasteiger partial charge in [0.15, 0.2) is 0 Å². The van der Waals surface area contributed by atoms with E-state index in [1.807, 2.05) is 0 Å². The molecule has 0 atom stereocenters. The van der Waals surface area contributed by atoms with Crippen molar-refractivity contribution in [1.82, 2.24) is 0 Å². The third-order valence-electron chi connectivity index (χ3n) is 8.51. The first-order valence-electron chi connectivity index (χ1n) is 14.5. The Morgan fingerprint density at radius 1 is 0.143 bits per heavy atom. The first-order valence-corrected chi connectivity index (χ1v) is 14.5. The number of benzene rings is 7. The largest absolute Gasteiger partial charge is 0.0610 e. The highest BCUT2D eigenvalue weighted by Crippen LogP contribution is 2.33. The molecule has 0 saturated heterocycles. The predicted molar refractivity (Wildman–Crippen MR) is 178 cm³/mol. The third kappa shape index (κ3) is 4.54. The van der Waals surface area contributed by atoms with Gasteiger partial charge in [-0.2, -0.15) is 0 Å². The summed E-state index contributed by atoms with van der Waals surface area (Å²) < 4.78 is 0. The maximum Gasteiger partial charge on any atom is -0.0178 e. The Labute approximate surface area is 247 Å². The summed E-state index contributed by atoms with van der Waals surface area (Å²) in [4.78, 5) is 0. The van der Waals surface area contributed by atoms with Crippen LogP contribution in [0, 0.1) is 0 Å². The lowest BCUT2D eigenvalue weighted by atomic mass is 9.95. The van der Waals surface area contributed by atoms with Gasteiger partial charge in [0.05, 0.1) is 0 Å². The Morgan fingerprint density at radius 3 is 0.452 bits per heavy atom. The van der Waals surface area contributed by atoms with Crippen molar-refractivity contribution in [2.24, 2.45) is 0 Å². The summed E-state index contributed by atoms with van der Waals surface area (Å²) in [5, 5.41) is 0. The van der Waals surface area contributed by atoms with E-state index in [-0.39, 0.29) is 0 Å². The van der Waals surface area contributed by atoms with Crippen LogP contribution in [0.5, 0.6) is 0 Å². The lowest BCUT2D eigenvalue weighted by Gasteiger charge is -2.09. The van der Waals surface area contributed by atoms with Gasteiger partial charge in [0.1, 0.15) is 0 Å². The van der Waals surface area contributed by atoms with E-state index in [9.17, 15) is 0 Å². The zero-order chi connectivity index (χ0) is 27.9. The second-order valence-corrected chi connectivity index (χ2v) is 11.0. The maximum atomic E-state index is 2.29. The lowest BCUT2D eigenvalue weighted by molar-refractivity contribution is 1.56. The zero-order valence-corrected chi connectivity index (χ0v) is 23.2. The Balaban J connectivity index is 1.23. The molecule has 0 nitrogen and oxygen atoms in total. The fraction of sp³-hybridized carbons (Fsp3) is 0. The van der Waals surface area contributed by atoms with E-state index >= 15 is 0 Å². The van der Waals surface area contributed by atoms with Gasteiger partial charge in [0.25, 0.3) is 0 Å². The standard InChI is InChI=1S/C42H28/c1-2-41-28-42(3-1)40-26-22-38(23-27-40)36-18-14-34(15-19-36)32-10-6-30(7-11-32)29-4-8-31(9-5-29)33-12-16-35(17-13-33)37-20-24-39(41)25-21-37/h1-28H. The second-order valence-electron chi connectivity index (χ2n) is 11.0. The number of rotatable bonds is 0. The van der Waals surface area contributed by atoms with Crippen LogP contribution in [-0.2, 0) is 0 Å². The first kappa shape index (κ1) is 24.3. The minimum atomic E-state index is 1.22. The van der Waals surface area contributed by atoms with Crippen molar-refractivity contribution >= 4 is 0 Å². The normalized spacial score (nSPS) is 11.3. The molecule has 17 rings (SSSR count). The molecular weight excluding hydrogens is 504 g/mol. The quantitative estimate of drug-likeness (QED) is 0.182. The fourth-order valence-electron chi connectivity index (χ4n) is 6.01. The molecule has 0 N–H and O–H groups in total. The van der Waals surface area contributed by atoms with Crippen molar-refractivity contribution in [2.75, 3.05) is 0 Å². The van der Waals surface area contributed by atoms with Crippen LogP contribution < -0.4 is 0 Å². The molecule has 0 heteroatoms. The summed E-state index contributed by atoms with van der Waals surface area (Å²) in [7, 11) is 0. The average molecular weight is 533 g/mol. The van der Waals surface area contributed by atoms with Gasteiger partial charge in [-0.1, -0.05) is 164 Å². The van der Waals surface area contributed by atoms with Crippen molar-refractivity contribution in [3.05, 3.63) is 170 Å². The van der Waals surface area contributed by atoms with E-state index in [0.29, 0.717) is 0 Å². The molecule has 10 aliphatic rings. The second kappa shape index (κ2) is 10.2. The highest BCUT2D eigenvalue weighted by atomic mass is 14.1. The molecule has 7 aromatic rings. The summed E-state index contributed by atoms with van der Waals surface area (Å²) >= 11 is 0. The van der Waals surface area contributed by atoms with Gasteiger partial charge in [-0.25, -0.2) is 0 Å². The van der Waals surface area contributed by atoms with Crippen LogP contribution in [0.25, 0.3) is 77.9 Å². The molecule has 0 aliphatic heterocycles. The van der Waals surface area contributed by atoms with Gasteiger partial charge in [-0.05, 0) is 84.0 Å². The summed E-state index contributed by atoms with van der Waals surface area (Å²) in [6, 6.07) is 62.2. The Hall–Kier alpha value is -5.46. The average Bonchev–Trinajstić information content (AvgIpc) is 3.09. The highest BCUT2D eigenvalue weighted by Gasteiger charge is 2.07. The molecule has 14 bridgehead atoms. The van der Waals surface area contributed by atoms with Crippen molar-refractivity contribution < 1.29 is 0 Å². The van der Waals surface area contributed by atoms with Gasteiger partial charge < -0.3 is 0 Å². The lowest BCUT2D eigenvalue weighted by Crippen LogP contribution is -1.84. The van der Waals surface area contributed by atoms with E-state index in [0.717, 1.165) is 0 Å². The van der Waals surface area contributed by atoms with Crippen LogP contribution in [0.1, 0.15) is 0 Å². The smallest absolute Gasteiger partial charge is 0.0178 e. The molecule has 0 heterocycles. The predicted octanol–water partition coefficient (Wildman–Crippen LogP) is 11.7. The van der Waals surface area contributed by atoms with E-state index < -0.39 is 0 Å². The number of hydrogen-bond donors (Lipinski definition) is 0. The molecule has 0 unspecified atom stereocenters. The molecule has 0 radical (unpaired) electrons. The van der Waals surface area contributed by atoms with Gasteiger partial charge in [0, 0.05) is 0 Å². The van der Waals surface area contributed by atoms with Crippen LogP contribution in [0.4, 0.5) is 0 Å². The summed E-state index contributed by atoms with van der Waals surface area (Å²) in [6.07, 6.45) is 0. The Kier molecular flexibility index (Phi) is 5.90. The van der Waals surface area contributed by atoms with Crippen LogP contribution in [0.2, 0.25) is 0 Å². The molecule has 0 saturated carbocycles. The Bertz CT molecular complexity index is 1840. The van der Waals surface area contributed by atoms with Crippen LogP contribution in [-0.4, -0.2) is 0 Å². The zero-order valence-electron chi connectivity index (χ0n) is 23.2. The molecular formula is C42H28.